The summed E-state index contributed by atoms with van der Waals surface area (Å²) in [5, 5.41) is 0.632. The van der Waals surface area contributed by atoms with Crippen LogP contribution in [0.5, 0.6) is 0 Å². The third kappa shape index (κ3) is 2.70. The number of aromatic nitrogens is 1. The molecule has 1 aliphatic carbocycles. The predicted molar refractivity (Wildman–Crippen MR) is 62.9 cm³/mol. The van der Waals surface area contributed by atoms with E-state index in [0.717, 1.165) is 18.0 Å². The van der Waals surface area contributed by atoms with Crippen LogP contribution in [0.25, 0.3) is 0 Å². The van der Waals surface area contributed by atoms with Crippen LogP contribution in [0.15, 0.2) is 18.3 Å². The summed E-state index contributed by atoms with van der Waals surface area (Å²) in [6.07, 6.45) is 4.49. The molecule has 0 amide bonds. The lowest BCUT2D eigenvalue weighted by molar-refractivity contribution is 0.226. The van der Waals surface area contributed by atoms with Crippen LogP contribution in [0.3, 0.4) is 0 Å². The molecule has 0 N–H and O–H groups in total. The van der Waals surface area contributed by atoms with Crippen LogP contribution in [0, 0.1) is 5.92 Å². The van der Waals surface area contributed by atoms with Gasteiger partial charge in [-0.1, -0.05) is 17.7 Å². The molecule has 1 unspecified atom stereocenters. The summed E-state index contributed by atoms with van der Waals surface area (Å²) in [7, 11) is 2.16. The van der Waals surface area contributed by atoms with Crippen molar-refractivity contribution in [2.75, 3.05) is 7.05 Å². The quantitative estimate of drug-likeness (QED) is 0.731. The van der Waals surface area contributed by atoms with Gasteiger partial charge < -0.3 is 0 Å². The van der Waals surface area contributed by atoms with Crippen molar-refractivity contribution in [1.82, 2.24) is 9.88 Å². The highest BCUT2D eigenvalue weighted by Gasteiger charge is 2.30. The zero-order valence-corrected chi connectivity index (χ0v) is 10.0. The van der Waals surface area contributed by atoms with Crippen molar-refractivity contribution < 1.29 is 0 Å². The Morgan fingerprint density at radius 1 is 1.60 bits per heavy atom. The highest BCUT2D eigenvalue weighted by atomic mass is 35.5. The summed E-state index contributed by atoms with van der Waals surface area (Å²) in [4.78, 5) is 6.45. The minimum absolute atomic E-state index is 0.632. The van der Waals surface area contributed by atoms with E-state index in [1.807, 2.05) is 12.1 Å². The maximum atomic E-state index is 6.03. The Morgan fingerprint density at radius 3 is 2.93 bits per heavy atom. The lowest BCUT2D eigenvalue weighted by Gasteiger charge is -2.24. The Labute approximate surface area is 96.3 Å². The van der Waals surface area contributed by atoms with Crippen molar-refractivity contribution >= 4 is 11.6 Å². The monoisotopic (exact) mass is 224 g/mol. The van der Waals surface area contributed by atoms with E-state index < -0.39 is 0 Å². The molecule has 0 aromatic carbocycles. The lowest BCUT2D eigenvalue weighted by Crippen LogP contribution is -2.30. The third-order valence-electron chi connectivity index (χ3n) is 3.26. The second-order valence-corrected chi connectivity index (χ2v) is 4.80. The van der Waals surface area contributed by atoms with E-state index in [-0.39, 0.29) is 0 Å². The fourth-order valence-corrected chi connectivity index (χ4v) is 2.07. The minimum Gasteiger partial charge on any atom is -0.299 e. The molecular weight excluding hydrogens is 208 g/mol. The first-order valence-electron chi connectivity index (χ1n) is 5.48. The summed E-state index contributed by atoms with van der Waals surface area (Å²) in [5.74, 6) is 0.894. The molecule has 0 radical (unpaired) electrons. The van der Waals surface area contributed by atoms with Gasteiger partial charge in [-0.25, -0.2) is 4.98 Å². The Kier molecular flexibility index (Phi) is 3.27. The van der Waals surface area contributed by atoms with Crippen LogP contribution in [0.2, 0.25) is 5.15 Å². The van der Waals surface area contributed by atoms with Crippen LogP contribution in [0.1, 0.15) is 25.3 Å². The van der Waals surface area contributed by atoms with Crippen LogP contribution < -0.4 is 0 Å². The van der Waals surface area contributed by atoms with E-state index in [4.69, 9.17) is 11.6 Å². The van der Waals surface area contributed by atoms with Gasteiger partial charge in [0.2, 0.25) is 0 Å². The molecule has 1 aromatic rings. The second-order valence-electron chi connectivity index (χ2n) is 4.45. The molecule has 82 valence electrons. The van der Waals surface area contributed by atoms with E-state index in [9.17, 15) is 0 Å². The van der Waals surface area contributed by atoms with Gasteiger partial charge in [0.25, 0.3) is 0 Å². The molecule has 3 heteroatoms. The second kappa shape index (κ2) is 4.50. The zero-order chi connectivity index (χ0) is 10.8. The highest BCUT2D eigenvalue weighted by Crippen LogP contribution is 2.35. The van der Waals surface area contributed by atoms with Crippen LogP contribution in [-0.4, -0.2) is 23.0 Å². The van der Waals surface area contributed by atoms with Gasteiger partial charge in [-0.05, 0) is 38.8 Å². The standard InChI is InChI=1S/C12H17ClN2/c1-9(10-5-6-10)15(2)8-11-4-3-7-14-12(11)13/h3-4,7,9-10H,5-6,8H2,1-2H3. The van der Waals surface area contributed by atoms with E-state index in [1.54, 1.807) is 6.20 Å². The number of pyridine rings is 1. The summed E-state index contributed by atoms with van der Waals surface area (Å²) in [6.45, 7) is 3.19. The van der Waals surface area contributed by atoms with Crippen molar-refractivity contribution in [3.63, 3.8) is 0 Å². The van der Waals surface area contributed by atoms with E-state index >= 15 is 0 Å². The van der Waals surface area contributed by atoms with Gasteiger partial charge in [-0.15, -0.1) is 0 Å². The highest BCUT2D eigenvalue weighted by molar-refractivity contribution is 6.30. The molecule has 1 aliphatic rings. The summed E-state index contributed by atoms with van der Waals surface area (Å²) in [6, 6.07) is 4.64. The van der Waals surface area contributed by atoms with Crippen LogP contribution >= 0.6 is 11.6 Å². The van der Waals surface area contributed by atoms with Crippen molar-refractivity contribution in [1.29, 1.82) is 0 Å². The van der Waals surface area contributed by atoms with Gasteiger partial charge in [0.1, 0.15) is 5.15 Å². The van der Waals surface area contributed by atoms with Crippen molar-refractivity contribution in [3.8, 4) is 0 Å². The molecule has 1 saturated carbocycles. The van der Waals surface area contributed by atoms with Crippen molar-refractivity contribution in [2.24, 2.45) is 5.92 Å². The van der Waals surface area contributed by atoms with Gasteiger partial charge in [-0.3, -0.25) is 4.90 Å². The predicted octanol–water partition coefficient (Wildman–Crippen LogP) is 2.97. The average molecular weight is 225 g/mol. The maximum Gasteiger partial charge on any atom is 0.133 e. The van der Waals surface area contributed by atoms with Gasteiger partial charge in [0.15, 0.2) is 0 Å². The smallest absolute Gasteiger partial charge is 0.133 e. The molecular formula is C12H17ClN2. The Morgan fingerprint density at radius 2 is 2.33 bits per heavy atom. The Balaban J connectivity index is 1.98. The topological polar surface area (TPSA) is 16.1 Å². The summed E-state index contributed by atoms with van der Waals surface area (Å²) >= 11 is 6.03. The van der Waals surface area contributed by atoms with E-state index in [2.05, 4.69) is 23.9 Å². The van der Waals surface area contributed by atoms with E-state index in [0.29, 0.717) is 11.2 Å². The molecule has 1 atom stereocenters. The molecule has 0 aliphatic heterocycles. The number of hydrogen-bond donors (Lipinski definition) is 0. The molecule has 2 rings (SSSR count). The van der Waals surface area contributed by atoms with Gasteiger partial charge >= 0.3 is 0 Å². The molecule has 0 spiro atoms. The van der Waals surface area contributed by atoms with Crippen molar-refractivity contribution in [3.05, 3.63) is 29.0 Å². The fraction of sp³-hybridized carbons (Fsp3) is 0.583. The number of nitrogens with zero attached hydrogens (tertiary/aromatic N) is 2. The molecule has 2 nitrogen and oxygen atoms in total. The average Bonchev–Trinajstić information content (AvgIpc) is 3.04. The lowest BCUT2D eigenvalue weighted by atomic mass is 10.1. The number of hydrogen-bond acceptors (Lipinski definition) is 2. The largest absolute Gasteiger partial charge is 0.299 e. The maximum absolute atomic E-state index is 6.03. The first-order chi connectivity index (χ1) is 7.18. The summed E-state index contributed by atoms with van der Waals surface area (Å²) < 4.78 is 0. The molecule has 0 bridgehead atoms. The first-order valence-corrected chi connectivity index (χ1v) is 5.86. The van der Waals surface area contributed by atoms with Gasteiger partial charge in [0, 0.05) is 24.3 Å². The minimum atomic E-state index is 0.632. The Bertz CT molecular complexity index is 336. The fourth-order valence-electron chi connectivity index (χ4n) is 1.89. The molecule has 1 fully saturated rings. The van der Waals surface area contributed by atoms with Crippen molar-refractivity contribution in [2.45, 2.75) is 32.4 Å². The van der Waals surface area contributed by atoms with E-state index in [1.165, 1.54) is 12.8 Å². The zero-order valence-electron chi connectivity index (χ0n) is 9.28. The summed E-state index contributed by atoms with van der Waals surface area (Å²) in [5.41, 5.74) is 1.12. The normalized spacial score (nSPS) is 18.1. The molecule has 15 heavy (non-hydrogen) atoms. The SMILES string of the molecule is CC(C1CC1)N(C)Cc1cccnc1Cl. The van der Waals surface area contributed by atoms with Crippen LogP contribution in [0.4, 0.5) is 0 Å². The van der Waals surface area contributed by atoms with Crippen LogP contribution in [-0.2, 0) is 6.54 Å². The van der Waals surface area contributed by atoms with Gasteiger partial charge in [0.05, 0.1) is 0 Å². The molecule has 0 saturated heterocycles. The molecule has 1 heterocycles. The van der Waals surface area contributed by atoms with Gasteiger partial charge in [-0.2, -0.15) is 0 Å². The number of rotatable bonds is 4. The first kappa shape index (κ1) is 10.9. The Hall–Kier alpha value is -0.600. The molecule has 1 aromatic heterocycles. The number of halogens is 1. The third-order valence-corrected chi connectivity index (χ3v) is 3.60.